The fourth-order valence-electron chi connectivity index (χ4n) is 2.98. The lowest BCUT2D eigenvalue weighted by molar-refractivity contribution is -0.126. The van der Waals surface area contributed by atoms with Crippen molar-refractivity contribution in [1.82, 2.24) is 0 Å². The summed E-state index contributed by atoms with van der Waals surface area (Å²) in [6, 6.07) is 4.34. The van der Waals surface area contributed by atoms with Gasteiger partial charge in [0.1, 0.15) is 5.78 Å². The molecule has 2 fully saturated rings. The first kappa shape index (κ1) is 11.9. The fraction of sp³-hybridized carbons (Fsp3) is 0.615. The molecule has 1 aliphatic heterocycles. The Hall–Kier alpha value is -0.190. The zero-order chi connectivity index (χ0) is 11.9. The topological polar surface area (TPSA) is 26.3 Å². The summed E-state index contributed by atoms with van der Waals surface area (Å²) < 4.78 is 6.67. The number of ether oxygens (including phenoxy) is 1. The van der Waals surface area contributed by atoms with Gasteiger partial charge in [-0.25, -0.2) is 0 Å². The minimum absolute atomic E-state index is 0.206. The molecule has 0 bridgehead atoms. The van der Waals surface area contributed by atoms with Crippen molar-refractivity contribution in [3.63, 3.8) is 0 Å². The van der Waals surface area contributed by atoms with Crippen molar-refractivity contribution in [2.75, 3.05) is 13.2 Å². The molecule has 0 spiro atoms. The van der Waals surface area contributed by atoms with Crippen molar-refractivity contribution in [3.05, 3.63) is 20.8 Å². The minimum atomic E-state index is 0.206. The summed E-state index contributed by atoms with van der Waals surface area (Å²) in [5.41, 5.74) is 0.206. The van der Waals surface area contributed by atoms with Crippen LogP contribution < -0.4 is 0 Å². The summed E-state index contributed by atoms with van der Waals surface area (Å²) in [7, 11) is 0. The second-order valence-electron chi connectivity index (χ2n) is 5.07. The van der Waals surface area contributed by atoms with Gasteiger partial charge in [-0.15, -0.1) is 11.3 Å². The maximum Gasteiger partial charge on any atom is 0.132 e. The molecule has 0 N–H and O–H groups in total. The molecule has 0 atom stereocenters. The minimum Gasteiger partial charge on any atom is -0.379 e. The molecule has 1 saturated heterocycles. The van der Waals surface area contributed by atoms with E-state index in [2.05, 4.69) is 28.1 Å². The van der Waals surface area contributed by atoms with Crippen LogP contribution in [-0.2, 0) is 14.9 Å². The molecule has 0 aromatic carbocycles. The van der Waals surface area contributed by atoms with Gasteiger partial charge in [0.15, 0.2) is 0 Å². The summed E-state index contributed by atoms with van der Waals surface area (Å²) in [4.78, 5) is 12.8. The molecule has 4 heteroatoms. The van der Waals surface area contributed by atoms with E-state index < -0.39 is 0 Å². The molecular formula is C13H15BrO2S. The largest absolute Gasteiger partial charge is 0.379 e. The first-order valence-electron chi connectivity index (χ1n) is 6.06. The van der Waals surface area contributed by atoms with Crippen molar-refractivity contribution < 1.29 is 9.53 Å². The molecular weight excluding hydrogens is 300 g/mol. The van der Waals surface area contributed by atoms with E-state index in [-0.39, 0.29) is 5.41 Å². The summed E-state index contributed by atoms with van der Waals surface area (Å²) in [6.07, 6.45) is 3.60. The molecule has 1 aromatic heterocycles. The summed E-state index contributed by atoms with van der Waals surface area (Å²) in [5.74, 6) is 1.06. The van der Waals surface area contributed by atoms with Gasteiger partial charge in [0.25, 0.3) is 0 Å². The van der Waals surface area contributed by atoms with Gasteiger partial charge in [-0.3, -0.25) is 4.79 Å². The van der Waals surface area contributed by atoms with Crippen LogP contribution in [0.3, 0.4) is 0 Å². The number of halogens is 1. The van der Waals surface area contributed by atoms with Crippen molar-refractivity contribution in [2.45, 2.75) is 31.1 Å². The van der Waals surface area contributed by atoms with Crippen molar-refractivity contribution in [1.29, 1.82) is 0 Å². The number of carbonyl (C=O) groups excluding carboxylic acids is 1. The molecule has 0 amide bonds. The number of carbonyl (C=O) groups is 1. The molecule has 1 aliphatic carbocycles. The molecule has 17 heavy (non-hydrogen) atoms. The van der Waals surface area contributed by atoms with Gasteiger partial charge in [0, 0.05) is 17.7 Å². The highest BCUT2D eigenvalue weighted by Crippen LogP contribution is 2.48. The van der Waals surface area contributed by atoms with E-state index in [9.17, 15) is 4.79 Å². The van der Waals surface area contributed by atoms with Gasteiger partial charge in [-0.05, 0) is 46.8 Å². The van der Waals surface area contributed by atoms with Crippen LogP contribution in [0.15, 0.2) is 15.9 Å². The smallest absolute Gasteiger partial charge is 0.132 e. The van der Waals surface area contributed by atoms with Gasteiger partial charge in [0.2, 0.25) is 0 Å². The Morgan fingerprint density at radius 2 is 2.00 bits per heavy atom. The molecule has 92 valence electrons. The second-order valence-corrected chi connectivity index (χ2v) is 7.53. The number of ketones is 1. The lowest BCUT2D eigenvalue weighted by Crippen LogP contribution is -2.52. The van der Waals surface area contributed by atoms with Crippen LogP contribution in [0.25, 0.3) is 0 Å². The lowest BCUT2D eigenvalue weighted by atomic mass is 9.66. The maximum absolute atomic E-state index is 11.3. The van der Waals surface area contributed by atoms with Crippen molar-refractivity contribution >= 4 is 33.0 Å². The zero-order valence-corrected chi connectivity index (χ0v) is 12.0. The molecule has 0 radical (unpaired) electrons. The van der Waals surface area contributed by atoms with E-state index in [0.717, 1.165) is 38.9 Å². The highest BCUT2D eigenvalue weighted by atomic mass is 79.9. The second kappa shape index (κ2) is 4.48. The third-order valence-electron chi connectivity index (χ3n) is 4.11. The van der Waals surface area contributed by atoms with Crippen LogP contribution in [0.1, 0.15) is 30.6 Å². The number of rotatable bonds is 2. The average Bonchev–Trinajstić information content (AvgIpc) is 2.67. The van der Waals surface area contributed by atoms with Gasteiger partial charge >= 0.3 is 0 Å². The maximum atomic E-state index is 11.3. The summed E-state index contributed by atoms with van der Waals surface area (Å²) >= 11 is 5.35. The Kier molecular flexibility index (Phi) is 3.13. The van der Waals surface area contributed by atoms with Crippen LogP contribution in [0.2, 0.25) is 0 Å². The van der Waals surface area contributed by atoms with Crippen LogP contribution in [-0.4, -0.2) is 19.0 Å². The Morgan fingerprint density at radius 1 is 1.29 bits per heavy atom. The van der Waals surface area contributed by atoms with Gasteiger partial charge < -0.3 is 4.74 Å². The van der Waals surface area contributed by atoms with Gasteiger partial charge in [-0.1, -0.05) is 0 Å². The number of thiophene rings is 1. The van der Waals surface area contributed by atoms with Crippen LogP contribution in [0, 0.1) is 5.92 Å². The van der Waals surface area contributed by atoms with E-state index in [4.69, 9.17) is 4.74 Å². The molecule has 1 aromatic rings. The van der Waals surface area contributed by atoms with E-state index in [1.165, 1.54) is 8.66 Å². The van der Waals surface area contributed by atoms with Crippen LogP contribution in [0.5, 0.6) is 0 Å². The Balaban J connectivity index is 1.84. The van der Waals surface area contributed by atoms with Crippen molar-refractivity contribution in [3.8, 4) is 0 Å². The van der Waals surface area contributed by atoms with Gasteiger partial charge in [-0.2, -0.15) is 0 Å². The van der Waals surface area contributed by atoms with Crippen LogP contribution in [0.4, 0.5) is 0 Å². The van der Waals surface area contributed by atoms with E-state index in [1.807, 2.05) is 11.3 Å². The fourth-order valence-corrected chi connectivity index (χ4v) is 4.60. The Bertz CT molecular complexity index is 426. The third-order valence-corrected chi connectivity index (χ3v) is 5.95. The normalized spacial score (nSPS) is 24.6. The molecule has 2 aliphatic rings. The van der Waals surface area contributed by atoms with Gasteiger partial charge in [0.05, 0.1) is 22.4 Å². The zero-order valence-electron chi connectivity index (χ0n) is 9.58. The number of hydrogen-bond acceptors (Lipinski definition) is 3. The van der Waals surface area contributed by atoms with E-state index in [0.29, 0.717) is 11.7 Å². The summed E-state index contributed by atoms with van der Waals surface area (Å²) in [6.45, 7) is 1.66. The molecule has 2 nitrogen and oxygen atoms in total. The lowest BCUT2D eigenvalue weighted by Gasteiger charge is -2.48. The first-order valence-corrected chi connectivity index (χ1v) is 7.67. The average molecular weight is 315 g/mol. The highest BCUT2D eigenvalue weighted by molar-refractivity contribution is 9.11. The van der Waals surface area contributed by atoms with E-state index >= 15 is 0 Å². The standard InChI is InChI=1S/C13H15BrO2S/c14-12-6-5-11(17-12)13(7-16-8-13)9-1-3-10(15)4-2-9/h5-6,9H,1-4,7-8H2. The number of Topliss-reactive ketones (excluding diaryl/α,β-unsaturated/α-hetero) is 1. The molecule has 3 rings (SSSR count). The first-order chi connectivity index (χ1) is 8.21. The molecule has 1 saturated carbocycles. The Morgan fingerprint density at radius 3 is 2.47 bits per heavy atom. The van der Waals surface area contributed by atoms with E-state index in [1.54, 1.807) is 0 Å². The Labute approximate surface area is 113 Å². The monoisotopic (exact) mass is 314 g/mol. The van der Waals surface area contributed by atoms with Crippen molar-refractivity contribution in [2.24, 2.45) is 5.92 Å². The SMILES string of the molecule is O=C1CCC(C2(c3ccc(Br)s3)COC2)CC1. The van der Waals surface area contributed by atoms with Crippen LogP contribution >= 0.6 is 27.3 Å². The highest BCUT2D eigenvalue weighted by Gasteiger charge is 2.48. The summed E-state index contributed by atoms with van der Waals surface area (Å²) in [5, 5.41) is 0. The predicted molar refractivity (Wildman–Crippen MR) is 71.5 cm³/mol. The quantitative estimate of drug-likeness (QED) is 0.834. The third kappa shape index (κ3) is 2.00. The molecule has 0 unspecified atom stereocenters. The molecule has 2 heterocycles. The number of hydrogen-bond donors (Lipinski definition) is 0. The predicted octanol–water partition coefficient (Wildman–Crippen LogP) is 3.54.